The standard InChI is InChI=1S/C15H22N2O4S/c1-12-8-9-14(17(18)19)10-15(12)22(20,21)16(2)11-13-6-4-3-5-7-13/h8-10,13H,3-7,11H2,1-2H3. The fraction of sp³-hybridized carbons (Fsp3) is 0.600. The molecule has 0 amide bonds. The molecule has 22 heavy (non-hydrogen) atoms. The fourth-order valence-electron chi connectivity index (χ4n) is 2.98. The summed E-state index contributed by atoms with van der Waals surface area (Å²) in [5.74, 6) is 0.382. The Kier molecular flexibility index (Phi) is 5.18. The minimum absolute atomic E-state index is 0.0278. The Bertz CT molecular complexity index is 652. The van der Waals surface area contributed by atoms with E-state index in [9.17, 15) is 18.5 Å². The van der Waals surface area contributed by atoms with Crippen LogP contribution in [0.25, 0.3) is 0 Å². The molecular weight excluding hydrogens is 304 g/mol. The molecule has 0 bridgehead atoms. The van der Waals surface area contributed by atoms with E-state index in [0.29, 0.717) is 18.0 Å². The highest BCUT2D eigenvalue weighted by Crippen LogP contribution is 2.28. The maximum absolute atomic E-state index is 12.7. The Balaban J connectivity index is 2.25. The first-order chi connectivity index (χ1) is 10.3. The first-order valence-corrected chi connectivity index (χ1v) is 8.98. The lowest BCUT2D eigenvalue weighted by Crippen LogP contribution is -2.33. The molecule has 0 aliphatic heterocycles. The van der Waals surface area contributed by atoms with E-state index in [2.05, 4.69) is 0 Å². The number of rotatable bonds is 5. The van der Waals surface area contributed by atoms with Crippen LogP contribution in [0.5, 0.6) is 0 Å². The van der Waals surface area contributed by atoms with E-state index in [-0.39, 0.29) is 10.6 Å². The summed E-state index contributed by atoms with van der Waals surface area (Å²) in [5, 5.41) is 10.9. The van der Waals surface area contributed by atoms with E-state index in [1.54, 1.807) is 14.0 Å². The van der Waals surface area contributed by atoms with Gasteiger partial charge in [-0.2, -0.15) is 0 Å². The number of sulfonamides is 1. The monoisotopic (exact) mass is 326 g/mol. The lowest BCUT2D eigenvalue weighted by Gasteiger charge is -2.27. The van der Waals surface area contributed by atoms with Crippen molar-refractivity contribution in [1.82, 2.24) is 4.31 Å². The highest BCUT2D eigenvalue weighted by Gasteiger charge is 2.27. The van der Waals surface area contributed by atoms with Gasteiger partial charge in [-0.3, -0.25) is 10.1 Å². The zero-order valence-electron chi connectivity index (χ0n) is 13.0. The van der Waals surface area contributed by atoms with Crippen molar-refractivity contribution in [3.05, 3.63) is 33.9 Å². The van der Waals surface area contributed by atoms with Gasteiger partial charge in [-0.05, 0) is 31.2 Å². The number of hydrogen-bond acceptors (Lipinski definition) is 4. The van der Waals surface area contributed by atoms with Crippen LogP contribution in [0, 0.1) is 23.0 Å². The molecule has 0 saturated heterocycles. The molecule has 1 fully saturated rings. The largest absolute Gasteiger partial charge is 0.270 e. The molecule has 2 rings (SSSR count). The van der Waals surface area contributed by atoms with E-state index in [1.807, 2.05) is 0 Å². The number of nitro benzene ring substituents is 1. The molecule has 0 heterocycles. The number of benzene rings is 1. The van der Waals surface area contributed by atoms with Crippen molar-refractivity contribution in [3.8, 4) is 0 Å². The summed E-state index contributed by atoms with van der Waals surface area (Å²) < 4.78 is 26.8. The second-order valence-corrected chi connectivity index (χ2v) is 8.01. The normalized spacial score (nSPS) is 16.9. The average Bonchev–Trinajstić information content (AvgIpc) is 2.48. The lowest BCUT2D eigenvalue weighted by atomic mass is 9.89. The Morgan fingerprint density at radius 1 is 1.27 bits per heavy atom. The van der Waals surface area contributed by atoms with Gasteiger partial charge in [-0.1, -0.05) is 25.3 Å². The highest BCUT2D eigenvalue weighted by atomic mass is 32.2. The summed E-state index contributed by atoms with van der Waals surface area (Å²) in [5.41, 5.74) is 0.330. The van der Waals surface area contributed by atoms with Crippen LogP contribution in [0.15, 0.2) is 23.1 Å². The lowest BCUT2D eigenvalue weighted by molar-refractivity contribution is -0.385. The molecular formula is C15H22N2O4S. The second-order valence-electron chi connectivity index (χ2n) is 6.00. The van der Waals surface area contributed by atoms with Gasteiger partial charge in [0, 0.05) is 25.7 Å². The Labute approximate surface area is 131 Å². The van der Waals surface area contributed by atoms with Gasteiger partial charge in [0.05, 0.1) is 9.82 Å². The van der Waals surface area contributed by atoms with Gasteiger partial charge in [0.15, 0.2) is 0 Å². The molecule has 6 nitrogen and oxygen atoms in total. The molecule has 0 unspecified atom stereocenters. The van der Waals surface area contributed by atoms with Crippen molar-refractivity contribution >= 4 is 15.7 Å². The Hall–Kier alpha value is -1.47. The third-order valence-corrected chi connectivity index (χ3v) is 6.28. The van der Waals surface area contributed by atoms with E-state index < -0.39 is 14.9 Å². The topological polar surface area (TPSA) is 80.5 Å². The van der Waals surface area contributed by atoms with Gasteiger partial charge in [-0.15, -0.1) is 0 Å². The van der Waals surface area contributed by atoms with E-state index in [0.717, 1.165) is 31.7 Å². The first-order valence-electron chi connectivity index (χ1n) is 7.54. The summed E-state index contributed by atoms with van der Waals surface area (Å²) in [6.45, 7) is 2.13. The van der Waals surface area contributed by atoms with Crippen LogP contribution >= 0.6 is 0 Å². The fourth-order valence-corrected chi connectivity index (χ4v) is 4.47. The van der Waals surface area contributed by atoms with Crippen molar-refractivity contribution in [1.29, 1.82) is 0 Å². The predicted molar refractivity (Wildman–Crippen MR) is 84.2 cm³/mol. The smallest absolute Gasteiger partial charge is 0.258 e. The van der Waals surface area contributed by atoms with Crippen molar-refractivity contribution in [2.75, 3.05) is 13.6 Å². The molecule has 7 heteroatoms. The minimum atomic E-state index is -3.70. The van der Waals surface area contributed by atoms with Gasteiger partial charge in [-0.25, -0.2) is 12.7 Å². The highest BCUT2D eigenvalue weighted by molar-refractivity contribution is 7.89. The van der Waals surface area contributed by atoms with Crippen molar-refractivity contribution in [2.24, 2.45) is 5.92 Å². The van der Waals surface area contributed by atoms with Gasteiger partial charge < -0.3 is 0 Å². The van der Waals surface area contributed by atoms with Gasteiger partial charge in [0.1, 0.15) is 0 Å². The first kappa shape index (κ1) is 16.9. The third kappa shape index (κ3) is 3.64. The Morgan fingerprint density at radius 3 is 2.50 bits per heavy atom. The molecule has 0 radical (unpaired) electrons. The zero-order chi connectivity index (χ0) is 16.3. The molecule has 0 aromatic heterocycles. The van der Waals surface area contributed by atoms with Crippen LogP contribution in [0.1, 0.15) is 37.7 Å². The van der Waals surface area contributed by atoms with E-state index in [4.69, 9.17) is 0 Å². The average molecular weight is 326 g/mol. The zero-order valence-corrected chi connectivity index (χ0v) is 13.8. The summed E-state index contributed by atoms with van der Waals surface area (Å²) >= 11 is 0. The van der Waals surface area contributed by atoms with Crippen LogP contribution in [0.3, 0.4) is 0 Å². The quantitative estimate of drug-likeness (QED) is 0.615. The molecule has 0 atom stereocenters. The molecule has 0 N–H and O–H groups in total. The molecule has 0 spiro atoms. The number of nitrogens with zero attached hydrogens (tertiary/aromatic N) is 2. The van der Waals surface area contributed by atoms with Crippen LogP contribution in [0.4, 0.5) is 5.69 Å². The number of nitro groups is 1. The van der Waals surface area contributed by atoms with Crippen molar-refractivity contribution in [2.45, 2.75) is 43.9 Å². The predicted octanol–water partition coefficient (Wildman–Crippen LogP) is 3.10. The second kappa shape index (κ2) is 6.75. The van der Waals surface area contributed by atoms with Crippen LogP contribution < -0.4 is 0 Å². The molecule has 1 aromatic carbocycles. The molecule has 122 valence electrons. The van der Waals surface area contributed by atoms with Crippen LogP contribution in [0.2, 0.25) is 0 Å². The van der Waals surface area contributed by atoms with Crippen LogP contribution in [-0.2, 0) is 10.0 Å². The SMILES string of the molecule is Cc1ccc([N+](=O)[O-])cc1S(=O)(=O)N(C)CC1CCCCC1. The number of hydrogen-bond donors (Lipinski definition) is 0. The molecule has 1 saturated carbocycles. The number of non-ortho nitro benzene ring substituents is 1. The molecule has 1 aliphatic rings. The van der Waals surface area contributed by atoms with E-state index >= 15 is 0 Å². The summed E-state index contributed by atoms with van der Waals surface area (Å²) in [6.07, 6.45) is 5.61. The van der Waals surface area contributed by atoms with Crippen molar-refractivity contribution in [3.63, 3.8) is 0 Å². The van der Waals surface area contributed by atoms with Crippen molar-refractivity contribution < 1.29 is 13.3 Å². The molecule has 1 aromatic rings. The summed E-state index contributed by atoms with van der Waals surface area (Å²) in [6, 6.07) is 3.97. The Morgan fingerprint density at radius 2 is 1.91 bits per heavy atom. The molecule has 1 aliphatic carbocycles. The van der Waals surface area contributed by atoms with Gasteiger partial charge in [0.25, 0.3) is 5.69 Å². The summed E-state index contributed by atoms with van der Waals surface area (Å²) in [4.78, 5) is 10.3. The van der Waals surface area contributed by atoms with Crippen LogP contribution in [-0.4, -0.2) is 31.2 Å². The maximum Gasteiger partial charge on any atom is 0.270 e. The number of aryl methyl sites for hydroxylation is 1. The van der Waals surface area contributed by atoms with Gasteiger partial charge >= 0.3 is 0 Å². The summed E-state index contributed by atoms with van der Waals surface area (Å²) in [7, 11) is -2.14. The van der Waals surface area contributed by atoms with Gasteiger partial charge in [0.2, 0.25) is 10.0 Å². The maximum atomic E-state index is 12.7. The third-order valence-electron chi connectivity index (χ3n) is 4.31. The minimum Gasteiger partial charge on any atom is -0.258 e. The van der Waals surface area contributed by atoms with E-state index in [1.165, 1.54) is 22.9 Å².